The second-order valence-corrected chi connectivity index (χ2v) is 6.69. The summed E-state index contributed by atoms with van der Waals surface area (Å²) in [5.74, 6) is 0.0756. The lowest BCUT2D eigenvalue weighted by Crippen LogP contribution is -2.48. The van der Waals surface area contributed by atoms with Crippen LogP contribution in [0.15, 0.2) is 35.7 Å². The predicted octanol–water partition coefficient (Wildman–Crippen LogP) is 3.05. The largest absolute Gasteiger partial charge is 0.380 e. The van der Waals surface area contributed by atoms with Gasteiger partial charge in [0.15, 0.2) is 0 Å². The third-order valence-electron chi connectivity index (χ3n) is 4.21. The molecule has 132 valence electrons. The molecule has 1 aromatic carbocycles. The Kier molecular flexibility index (Phi) is 5.18. The van der Waals surface area contributed by atoms with Crippen molar-refractivity contribution in [2.45, 2.75) is 6.92 Å². The van der Waals surface area contributed by atoms with Gasteiger partial charge in [-0.05, 0) is 30.5 Å². The molecule has 0 aliphatic carbocycles. The summed E-state index contributed by atoms with van der Waals surface area (Å²) in [6, 6.07) is 8.86. The standard InChI is InChI=1S/C17H20N4O3S/c1-2-18-14-12-13(5-6-15(14)21(23)24)19-7-9-20(10-8-19)17(22)16-4-3-11-25-16/h3-6,11-12,18H,2,7-10H2,1H3. The number of carbonyl (C=O) groups is 1. The number of rotatable bonds is 5. The van der Waals surface area contributed by atoms with Gasteiger partial charge in [-0.3, -0.25) is 14.9 Å². The Morgan fingerprint density at radius 1 is 1.28 bits per heavy atom. The predicted molar refractivity (Wildman–Crippen MR) is 99.7 cm³/mol. The van der Waals surface area contributed by atoms with Crippen LogP contribution in [0.25, 0.3) is 0 Å². The lowest BCUT2D eigenvalue weighted by molar-refractivity contribution is -0.383. The van der Waals surface area contributed by atoms with E-state index in [0.29, 0.717) is 38.4 Å². The summed E-state index contributed by atoms with van der Waals surface area (Å²) in [5.41, 5.74) is 1.55. The normalized spacial score (nSPS) is 14.4. The Balaban J connectivity index is 1.69. The van der Waals surface area contributed by atoms with E-state index in [1.54, 1.807) is 6.07 Å². The summed E-state index contributed by atoms with van der Waals surface area (Å²) in [5, 5.41) is 16.1. The molecule has 2 heterocycles. The fourth-order valence-corrected chi connectivity index (χ4v) is 3.63. The van der Waals surface area contributed by atoms with Gasteiger partial charge in [0, 0.05) is 44.5 Å². The zero-order valence-corrected chi connectivity index (χ0v) is 14.8. The molecular weight excluding hydrogens is 340 g/mol. The first kappa shape index (κ1) is 17.2. The monoisotopic (exact) mass is 360 g/mol. The van der Waals surface area contributed by atoms with Gasteiger partial charge in [0.05, 0.1) is 9.80 Å². The van der Waals surface area contributed by atoms with Crippen LogP contribution in [0.2, 0.25) is 0 Å². The fourth-order valence-electron chi connectivity index (χ4n) is 2.94. The summed E-state index contributed by atoms with van der Waals surface area (Å²) < 4.78 is 0. The van der Waals surface area contributed by atoms with Crippen molar-refractivity contribution in [1.82, 2.24) is 4.90 Å². The average molecular weight is 360 g/mol. The van der Waals surface area contributed by atoms with Crippen molar-refractivity contribution in [1.29, 1.82) is 0 Å². The molecule has 2 aromatic rings. The van der Waals surface area contributed by atoms with Crippen LogP contribution in [0, 0.1) is 10.1 Å². The number of amides is 1. The number of nitro benzene ring substituents is 1. The minimum atomic E-state index is -0.376. The van der Waals surface area contributed by atoms with Gasteiger partial charge >= 0.3 is 0 Å². The molecule has 8 heteroatoms. The molecule has 1 aliphatic rings. The van der Waals surface area contributed by atoms with Crippen LogP contribution in [0.1, 0.15) is 16.6 Å². The third kappa shape index (κ3) is 3.74. The Morgan fingerprint density at radius 2 is 2.04 bits per heavy atom. The molecule has 3 rings (SSSR count). The number of nitro groups is 1. The summed E-state index contributed by atoms with van der Waals surface area (Å²) in [6.07, 6.45) is 0. The van der Waals surface area contributed by atoms with E-state index in [1.165, 1.54) is 17.4 Å². The van der Waals surface area contributed by atoms with E-state index < -0.39 is 0 Å². The Bertz CT molecular complexity index is 755. The molecule has 25 heavy (non-hydrogen) atoms. The van der Waals surface area contributed by atoms with Gasteiger partial charge in [-0.15, -0.1) is 11.3 Å². The number of nitrogens with one attached hydrogen (secondary N) is 1. The van der Waals surface area contributed by atoms with Crippen LogP contribution < -0.4 is 10.2 Å². The van der Waals surface area contributed by atoms with E-state index in [0.717, 1.165) is 10.6 Å². The number of nitrogens with zero attached hydrogens (tertiary/aromatic N) is 3. The van der Waals surface area contributed by atoms with Gasteiger partial charge in [-0.2, -0.15) is 0 Å². The van der Waals surface area contributed by atoms with Crippen LogP contribution in [-0.2, 0) is 0 Å². The maximum absolute atomic E-state index is 12.4. The van der Waals surface area contributed by atoms with E-state index in [9.17, 15) is 14.9 Å². The summed E-state index contributed by atoms with van der Waals surface area (Å²) in [7, 11) is 0. The fraction of sp³-hybridized carbons (Fsp3) is 0.353. The molecule has 7 nitrogen and oxygen atoms in total. The van der Waals surface area contributed by atoms with Gasteiger partial charge in [0.1, 0.15) is 5.69 Å². The van der Waals surface area contributed by atoms with Crippen LogP contribution in [0.3, 0.4) is 0 Å². The minimum absolute atomic E-state index is 0.0756. The number of carbonyl (C=O) groups excluding carboxylic acids is 1. The van der Waals surface area contributed by atoms with Crippen LogP contribution in [0.5, 0.6) is 0 Å². The van der Waals surface area contributed by atoms with Gasteiger partial charge in [0.2, 0.25) is 0 Å². The number of anilines is 2. The topological polar surface area (TPSA) is 78.7 Å². The zero-order chi connectivity index (χ0) is 17.8. The minimum Gasteiger partial charge on any atom is -0.380 e. The molecule has 0 atom stereocenters. The van der Waals surface area contributed by atoms with E-state index in [4.69, 9.17) is 0 Å². The molecule has 1 aliphatic heterocycles. The summed E-state index contributed by atoms with van der Waals surface area (Å²) in [4.78, 5) is 27.9. The smallest absolute Gasteiger partial charge is 0.292 e. The lowest BCUT2D eigenvalue weighted by Gasteiger charge is -2.36. The first-order valence-electron chi connectivity index (χ1n) is 8.20. The van der Waals surface area contributed by atoms with Gasteiger partial charge in [-0.25, -0.2) is 0 Å². The number of piperazine rings is 1. The Labute approximate surface area is 150 Å². The van der Waals surface area contributed by atoms with Crippen LogP contribution >= 0.6 is 11.3 Å². The SMILES string of the molecule is CCNc1cc(N2CCN(C(=O)c3cccs3)CC2)ccc1[N+](=O)[O-]. The van der Waals surface area contributed by atoms with E-state index in [2.05, 4.69) is 10.2 Å². The van der Waals surface area contributed by atoms with Gasteiger partial charge < -0.3 is 15.1 Å². The van der Waals surface area contributed by atoms with Crippen molar-refractivity contribution in [2.75, 3.05) is 42.9 Å². The molecule has 1 amide bonds. The quantitative estimate of drug-likeness (QED) is 0.655. The first-order chi connectivity index (χ1) is 12.1. The molecule has 0 spiro atoms. The molecule has 0 unspecified atom stereocenters. The van der Waals surface area contributed by atoms with Crippen molar-refractivity contribution in [3.05, 3.63) is 50.7 Å². The molecule has 1 fully saturated rings. The lowest BCUT2D eigenvalue weighted by atomic mass is 10.2. The van der Waals surface area contributed by atoms with Crippen molar-refractivity contribution in [2.24, 2.45) is 0 Å². The van der Waals surface area contributed by atoms with E-state index in [1.807, 2.05) is 35.4 Å². The van der Waals surface area contributed by atoms with Crippen LogP contribution in [-0.4, -0.2) is 48.5 Å². The molecule has 1 saturated heterocycles. The summed E-state index contributed by atoms with van der Waals surface area (Å²) in [6.45, 7) is 5.23. The van der Waals surface area contributed by atoms with Gasteiger partial charge in [0.25, 0.3) is 11.6 Å². The van der Waals surface area contributed by atoms with Gasteiger partial charge in [-0.1, -0.05) is 6.07 Å². The number of hydrogen-bond acceptors (Lipinski definition) is 6. The van der Waals surface area contributed by atoms with E-state index >= 15 is 0 Å². The molecule has 1 N–H and O–H groups in total. The average Bonchev–Trinajstić information content (AvgIpc) is 3.16. The highest BCUT2D eigenvalue weighted by molar-refractivity contribution is 7.12. The number of thiophene rings is 1. The highest BCUT2D eigenvalue weighted by atomic mass is 32.1. The number of hydrogen-bond donors (Lipinski definition) is 1. The molecule has 0 saturated carbocycles. The highest BCUT2D eigenvalue weighted by Gasteiger charge is 2.24. The maximum Gasteiger partial charge on any atom is 0.292 e. The second-order valence-electron chi connectivity index (χ2n) is 5.75. The van der Waals surface area contributed by atoms with Crippen molar-refractivity contribution in [3.8, 4) is 0 Å². The zero-order valence-electron chi connectivity index (χ0n) is 14.0. The molecule has 0 radical (unpaired) electrons. The maximum atomic E-state index is 12.4. The van der Waals surface area contributed by atoms with Crippen molar-refractivity contribution in [3.63, 3.8) is 0 Å². The first-order valence-corrected chi connectivity index (χ1v) is 9.08. The van der Waals surface area contributed by atoms with Crippen LogP contribution in [0.4, 0.5) is 17.1 Å². The van der Waals surface area contributed by atoms with Crippen molar-refractivity contribution >= 4 is 34.3 Å². The molecular formula is C17H20N4O3S. The van der Waals surface area contributed by atoms with E-state index in [-0.39, 0.29) is 16.5 Å². The molecule has 0 bridgehead atoms. The number of benzene rings is 1. The second kappa shape index (κ2) is 7.52. The Morgan fingerprint density at radius 3 is 2.64 bits per heavy atom. The highest BCUT2D eigenvalue weighted by Crippen LogP contribution is 2.30. The third-order valence-corrected chi connectivity index (χ3v) is 5.07. The summed E-state index contributed by atoms with van der Waals surface area (Å²) >= 11 is 1.46. The van der Waals surface area contributed by atoms with Crippen molar-refractivity contribution < 1.29 is 9.72 Å². The molecule has 1 aromatic heterocycles. The Hall–Kier alpha value is -2.61.